The van der Waals surface area contributed by atoms with Crippen molar-refractivity contribution in [1.29, 1.82) is 0 Å². The summed E-state index contributed by atoms with van der Waals surface area (Å²) >= 11 is 0. The van der Waals surface area contributed by atoms with E-state index >= 15 is 0 Å². The van der Waals surface area contributed by atoms with Crippen LogP contribution in [0, 0.1) is 40.5 Å². The summed E-state index contributed by atoms with van der Waals surface area (Å²) in [6.07, 6.45) is 0. The van der Waals surface area contributed by atoms with Gasteiger partial charge in [-0.1, -0.05) is 93.5 Å². The minimum absolute atomic E-state index is 0. The Morgan fingerprint density at radius 3 is 0.848 bits per heavy atom. The Kier molecular flexibility index (Phi) is 23.0. The van der Waals surface area contributed by atoms with Gasteiger partial charge < -0.3 is 61.2 Å². The molecule has 1 aliphatic heterocycles. The Morgan fingerprint density at radius 2 is 0.674 bits per heavy atom. The topological polar surface area (TPSA) is 88.6 Å². The largest absolute Gasteiger partial charge is 4.00 e. The number of rotatable bonds is 0. The average Bonchev–Trinajstić information content (AvgIpc) is 2.80. The molecule has 3 rings (SSSR count). The average molecular weight is 725 g/mol. The molecule has 4 bridgehead atoms. The first-order valence-electron chi connectivity index (χ1n) is 14.9. The minimum Gasteiger partial charge on any atom is -0.507 e. The van der Waals surface area contributed by atoms with Gasteiger partial charge in [-0.15, -0.1) is 0 Å². The Morgan fingerprint density at radius 1 is 0.478 bits per heavy atom. The number of hydrogen-bond donors (Lipinski definition) is 6. The molecule has 6 N–H and O–H groups in total. The monoisotopic (exact) mass is 724 g/mol. The molecule has 0 spiro atoms. The van der Waals surface area contributed by atoms with E-state index in [0.29, 0.717) is 37.7 Å². The van der Waals surface area contributed by atoms with Gasteiger partial charge in [-0.25, -0.2) is 0 Å². The van der Waals surface area contributed by atoms with Gasteiger partial charge in [0.1, 0.15) is 11.5 Å². The quantitative estimate of drug-likeness (QED) is 0.124. The Bertz CT molecular complexity index is 1010. The normalized spacial score (nSPS) is 17.1. The summed E-state index contributed by atoms with van der Waals surface area (Å²) in [5, 5.41) is 36.9. The number of phenolic OH excluding ortho intramolecular Hbond substituents is 2. The van der Waals surface area contributed by atoms with Crippen molar-refractivity contribution in [3.8, 4) is 11.5 Å². The molecule has 46 heavy (non-hydrogen) atoms. The fourth-order valence-electron chi connectivity index (χ4n) is 5.19. The van der Waals surface area contributed by atoms with Crippen LogP contribution in [-0.4, -0.2) is 36.4 Å². The number of nitrogens with one attached hydrogen (secondary N) is 4. The minimum atomic E-state index is -0.0182. The molecule has 1 aliphatic rings. The second-order valence-electron chi connectivity index (χ2n) is 15.5. The molecule has 2 aromatic carbocycles. The smallest absolute Gasteiger partial charge is 0.507 e. The summed E-state index contributed by atoms with van der Waals surface area (Å²) in [5.41, 5.74) is 6.19. The molecule has 6 nitrogen and oxygen atoms in total. The molecule has 0 saturated carbocycles. The molecule has 2 aromatic rings. The predicted octanol–water partition coefficient (Wildman–Crippen LogP) is 7.61. The van der Waals surface area contributed by atoms with E-state index in [1.807, 2.05) is 0 Å². The number of benzene rings is 2. The zero-order chi connectivity index (χ0) is 29.9. The summed E-state index contributed by atoms with van der Waals surface area (Å²) in [7, 11) is 0. The van der Waals surface area contributed by atoms with Crippen molar-refractivity contribution in [3.63, 3.8) is 0 Å². The van der Waals surface area contributed by atoms with Gasteiger partial charge in [0.25, 0.3) is 0 Å². The van der Waals surface area contributed by atoms with Gasteiger partial charge in [-0.3, -0.25) is 0 Å². The maximum atomic E-state index is 11.2. The van der Waals surface area contributed by atoms with Crippen LogP contribution in [-0.2, 0) is 71.1 Å². The van der Waals surface area contributed by atoms with Gasteiger partial charge in [0.05, 0.1) is 0 Å². The number of hydrogen-bond acceptors (Lipinski definition) is 6. The van der Waals surface area contributed by atoms with Gasteiger partial charge in [-0.2, -0.15) is 0 Å². The number of aromatic hydroxyl groups is 2. The molecule has 0 fully saturated rings. The Hall–Kier alpha value is -1.08. The van der Waals surface area contributed by atoms with Gasteiger partial charge in [0, 0.05) is 74.6 Å². The van der Waals surface area contributed by atoms with E-state index in [-0.39, 0.29) is 85.5 Å². The molecule has 264 valence electrons. The molecular formula is C38H68Fe2N4O2+4. The van der Waals surface area contributed by atoms with Crippen LogP contribution in [0.2, 0.25) is 0 Å². The zero-order valence-corrected chi connectivity index (χ0v) is 33.8. The van der Waals surface area contributed by atoms with E-state index in [1.165, 1.54) is 11.1 Å². The van der Waals surface area contributed by atoms with Crippen LogP contribution in [0.15, 0.2) is 24.3 Å². The van der Waals surface area contributed by atoms with E-state index in [4.69, 9.17) is 0 Å². The molecule has 0 aromatic heterocycles. The standard InChI is InChI=1S/C34H56N4O2.4CH3.2Fe/c1-31(2,3)27-11-23-15-35-19-33(7,8)21-37-17-25-13-28(32(4,5)6)14-26(30(25)40)18-38-22-34(9,10)20-36-16-24(12-27)29(23)39;;;;;;/h11-14,35-40H,15-22H2,1-10H3;4*1H3;;/q;4*-1;2*+4. The van der Waals surface area contributed by atoms with Crippen molar-refractivity contribution >= 4 is 0 Å². The van der Waals surface area contributed by atoms with E-state index in [0.717, 1.165) is 48.4 Å². The van der Waals surface area contributed by atoms with Crippen LogP contribution in [0.25, 0.3) is 0 Å². The fourth-order valence-corrected chi connectivity index (χ4v) is 5.19. The van der Waals surface area contributed by atoms with Crippen LogP contribution in [0.1, 0.15) is 103 Å². The van der Waals surface area contributed by atoms with Crippen LogP contribution >= 0.6 is 0 Å². The summed E-state index contributed by atoms with van der Waals surface area (Å²) in [5.74, 6) is 0.774. The molecule has 0 radical (unpaired) electrons. The van der Waals surface area contributed by atoms with Gasteiger partial charge in [-0.05, 0) is 32.8 Å². The van der Waals surface area contributed by atoms with Crippen LogP contribution < -0.4 is 21.3 Å². The first-order valence-corrected chi connectivity index (χ1v) is 14.9. The third kappa shape index (κ3) is 15.0. The first-order chi connectivity index (χ1) is 18.4. The molecule has 0 saturated heterocycles. The predicted molar refractivity (Wildman–Crippen MR) is 194 cm³/mol. The second-order valence-corrected chi connectivity index (χ2v) is 15.5. The van der Waals surface area contributed by atoms with Crippen LogP contribution in [0.3, 0.4) is 0 Å². The Labute approximate surface area is 306 Å². The third-order valence-electron chi connectivity index (χ3n) is 7.94. The SMILES string of the molecule is CC1(C)CNCc2cc(C(C)(C)C)cc(c2O)CNCC(C)(C)CNCc2cc(C(C)(C)C)cc(c2O)CNC1.[CH3-].[CH3-].[CH3-].[CH3-].[Fe+4].[Fe+4]. The van der Waals surface area contributed by atoms with Gasteiger partial charge in [0.2, 0.25) is 0 Å². The molecular weight excluding hydrogens is 656 g/mol. The fraction of sp³-hybridized carbons (Fsp3) is 0.579. The van der Waals surface area contributed by atoms with E-state index in [2.05, 4.69) is 115 Å². The molecule has 0 unspecified atom stereocenters. The molecule has 1 heterocycles. The third-order valence-corrected chi connectivity index (χ3v) is 7.94. The van der Waals surface area contributed by atoms with Crippen molar-refractivity contribution in [3.05, 3.63) is 87.4 Å². The molecule has 0 amide bonds. The summed E-state index contributed by atoms with van der Waals surface area (Å²) < 4.78 is 0. The van der Waals surface area contributed by atoms with Gasteiger partial charge in [0.15, 0.2) is 0 Å². The molecule has 8 heteroatoms. The summed E-state index contributed by atoms with van der Waals surface area (Å²) in [6.45, 7) is 27.9. The van der Waals surface area contributed by atoms with Crippen LogP contribution in [0.4, 0.5) is 0 Å². The van der Waals surface area contributed by atoms with E-state index < -0.39 is 0 Å². The maximum absolute atomic E-state index is 11.2. The second kappa shape index (κ2) is 20.4. The van der Waals surface area contributed by atoms with Crippen molar-refractivity contribution in [2.45, 2.75) is 106 Å². The van der Waals surface area contributed by atoms with E-state index in [1.54, 1.807) is 0 Å². The van der Waals surface area contributed by atoms with Crippen molar-refractivity contribution in [1.82, 2.24) is 21.3 Å². The number of fused-ring (bicyclic) bond motifs is 4. The molecule has 0 atom stereocenters. The summed E-state index contributed by atoms with van der Waals surface area (Å²) in [4.78, 5) is 0. The first kappa shape index (κ1) is 51.7. The number of phenols is 2. The molecule has 0 aliphatic carbocycles. The maximum Gasteiger partial charge on any atom is 4.00 e. The summed E-state index contributed by atoms with van der Waals surface area (Å²) in [6, 6.07) is 8.61. The van der Waals surface area contributed by atoms with Crippen molar-refractivity contribution in [2.24, 2.45) is 10.8 Å². The van der Waals surface area contributed by atoms with Crippen molar-refractivity contribution < 1.29 is 44.4 Å². The van der Waals surface area contributed by atoms with Crippen molar-refractivity contribution in [2.75, 3.05) is 26.2 Å². The van der Waals surface area contributed by atoms with Gasteiger partial charge >= 0.3 is 34.1 Å². The van der Waals surface area contributed by atoms with E-state index in [9.17, 15) is 10.2 Å². The Balaban J connectivity index is -0.00000147. The van der Waals surface area contributed by atoms with Crippen LogP contribution in [0.5, 0.6) is 11.5 Å². The zero-order valence-electron chi connectivity index (χ0n) is 31.6.